The first-order chi connectivity index (χ1) is 28.2. The Labute approximate surface area is 327 Å². The van der Waals surface area contributed by atoms with Crippen LogP contribution in [-0.2, 0) is 0 Å². The van der Waals surface area contributed by atoms with Crippen LogP contribution >= 0.6 is 0 Å². The first-order valence-corrected chi connectivity index (χ1v) is 18.8. The number of pyridine rings is 1. The van der Waals surface area contributed by atoms with Crippen LogP contribution in [0.2, 0.25) is 0 Å². The number of benzene rings is 7. The summed E-state index contributed by atoms with van der Waals surface area (Å²) < 4.78 is 6.36. The smallest absolute Gasteiger partial charge is 0.229 e. The Morgan fingerprint density at radius 3 is 1.60 bits per heavy atom. The molecule has 0 saturated carbocycles. The highest BCUT2D eigenvalue weighted by Gasteiger charge is 2.20. The topological polar surface area (TPSA) is 90.5 Å². The monoisotopic (exact) mass is 730 g/mol. The van der Waals surface area contributed by atoms with Crippen LogP contribution in [0, 0.1) is 0 Å². The lowest BCUT2D eigenvalue weighted by atomic mass is 10.00. The molecule has 0 aliphatic carbocycles. The van der Waals surface area contributed by atoms with E-state index in [4.69, 9.17) is 29.3 Å². The largest absolute Gasteiger partial charge is 0.434 e. The summed E-state index contributed by atoms with van der Waals surface area (Å²) in [6.45, 7) is 0. The molecule has 7 aromatic carbocycles. The lowest BCUT2D eigenvalue weighted by molar-refractivity contribution is 0.652. The van der Waals surface area contributed by atoms with Crippen LogP contribution < -0.4 is 0 Å². The molecule has 0 unspecified atom stereocenters. The van der Waals surface area contributed by atoms with E-state index in [1.807, 2.05) is 97.1 Å². The molecular weight excluding hydrogens is 701 g/mol. The molecule has 0 bridgehead atoms. The van der Waals surface area contributed by atoms with Gasteiger partial charge in [0.05, 0.1) is 5.39 Å². The number of aromatic nitrogens is 6. The maximum atomic E-state index is 6.36. The van der Waals surface area contributed by atoms with E-state index in [1.54, 1.807) is 6.20 Å². The molecule has 4 aromatic heterocycles. The molecule has 0 radical (unpaired) electrons. The number of furan rings is 1. The third kappa shape index (κ3) is 5.95. The van der Waals surface area contributed by atoms with Gasteiger partial charge in [-0.15, -0.1) is 0 Å². The lowest BCUT2D eigenvalue weighted by Gasteiger charge is -2.10. The van der Waals surface area contributed by atoms with E-state index in [2.05, 4.69) is 83.8 Å². The van der Waals surface area contributed by atoms with E-state index in [0.29, 0.717) is 45.8 Å². The van der Waals surface area contributed by atoms with Gasteiger partial charge in [0.2, 0.25) is 5.71 Å². The van der Waals surface area contributed by atoms with E-state index < -0.39 is 0 Å². The van der Waals surface area contributed by atoms with Crippen molar-refractivity contribution in [3.8, 4) is 67.9 Å². The van der Waals surface area contributed by atoms with Crippen LogP contribution in [-0.4, -0.2) is 29.9 Å². The summed E-state index contributed by atoms with van der Waals surface area (Å²) >= 11 is 0. The maximum absolute atomic E-state index is 6.36. The fraction of sp³-hybridized carbons (Fsp3) is 0. The summed E-state index contributed by atoms with van der Waals surface area (Å²) in [6.07, 6.45) is 1.73. The lowest BCUT2D eigenvalue weighted by Crippen LogP contribution is -2.00. The normalized spacial score (nSPS) is 11.5. The van der Waals surface area contributed by atoms with Crippen molar-refractivity contribution < 1.29 is 4.42 Å². The standard InChI is InChI=1S/C50H30N6O/c1-3-11-31(12-4-1)35-17-9-18-40(28-35)49-55-47(32-13-5-2-6-14-32)54-48(56-49)34-22-20-33(21-23-34)46-52-43(45-44(53-46)42-19-10-26-51-50(42)57-45)39-25-24-38-27-36-15-7-8-16-37(36)29-41(38)30-39/h1-30H. The minimum Gasteiger partial charge on any atom is -0.434 e. The molecule has 7 nitrogen and oxygen atoms in total. The Hall–Kier alpha value is -7.90. The van der Waals surface area contributed by atoms with Crippen molar-refractivity contribution >= 4 is 43.7 Å². The average molecular weight is 731 g/mol. The third-order valence-corrected chi connectivity index (χ3v) is 10.4. The van der Waals surface area contributed by atoms with Gasteiger partial charge in [0.1, 0.15) is 11.2 Å². The molecule has 0 aliphatic rings. The van der Waals surface area contributed by atoms with Crippen molar-refractivity contribution in [2.45, 2.75) is 0 Å². The Bertz CT molecular complexity index is 3290. The predicted molar refractivity (Wildman–Crippen MR) is 228 cm³/mol. The van der Waals surface area contributed by atoms with Crippen LogP contribution in [0.3, 0.4) is 0 Å². The Morgan fingerprint density at radius 1 is 0.333 bits per heavy atom. The highest BCUT2D eigenvalue weighted by Crippen LogP contribution is 2.37. The molecule has 0 aliphatic heterocycles. The van der Waals surface area contributed by atoms with Gasteiger partial charge in [-0.3, -0.25) is 0 Å². The molecule has 11 aromatic rings. The van der Waals surface area contributed by atoms with E-state index in [1.165, 1.54) is 10.8 Å². The summed E-state index contributed by atoms with van der Waals surface area (Å²) in [5.41, 5.74) is 9.23. The minimum absolute atomic E-state index is 0.525. The molecule has 7 heteroatoms. The second kappa shape index (κ2) is 13.4. The fourth-order valence-electron chi connectivity index (χ4n) is 7.48. The van der Waals surface area contributed by atoms with Gasteiger partial charge in [0.15, 0.2) is 28.9 Å². The van der Waals surface area contributed by atoms with E-state index in [-0.39, 0.29) is 0 Å². The van der Waals surface area contributed by atoms with Crippen molar-refractivity contribution in [1.29, 1.82) is 0 Å². The summed E-state index contributed by atoms with van der Waals surface area (Å²) in [6, 6.07) is 59.9. The predicted octanol–water partition coefficient (Wildman–Crippen LogP) is 12.3. The number of nitrogens with zero attached hydrogens (tertiary/aromatic N) is 6. The molecule has 0 spiro atoms. The first-order valence-electron chi connectivity index (χ1n) is 18.8. The summed E-state index contributed by atoms with van der Waals surface area (Å²) in [4.78, 5) is 29.7. The number of rotatable bonds is 6. The van der Waals surface area contributed by atoms with Crippen LogP contribution in [0.5, 0.6) is 0 Å². The third-order valence-electron chi connectivity index (χ3n) is 10.4. The molecule has 4 heterocycles. The molecule has 0 saturated heterocycles. The van der Waals surface area contributed by atoms with Crippen LogP contribution in [0.1, 0.15) is 0 Å². The summed E-state index contributed by atoms with van der Waals surface area (Å²) in [5.74, 6) is 2.35. The van der Waals surface area contributed by atoms with E-state index in [9.17, 15) is 0 Å². The van der Waals surface area contributed by atoms with Gasteiger partial charge in [-0.1, -0.05) is 140 Å². The highest BCUT2D eigenvalue weighted by atomic mass is 16.3. The van der Waals surface area contributed by atoms with Gasteiger partial charge >= 0.3 is 0 Å². The van der Waals surface area contributed by atoms with Crippen molar-refractivity contribution in [1.82, 2.24) is 29.9 Å². The average Bonchev–Trinajstić information content (AvgIpc) is 3.67. The molecule has 266 valence electrons. The van der Waals surface area contributed by atoms with Gasteiger partial charge < -0.3 is 4.42 Å². The molecule has 0 N–H and O–H groups in total. The van der Waals surface area contributed by atoms with Crippen molar-refractivity contribution in [3.05, 3.63) is 182 Å². The molecule has 11 rings (SSSR count). The number of hydrogen-bond donors (Lipinski definition) is 0. The Morgan fingerprint density at radius 2 is 0.877 bits per heavy atom. The van der Waals surface area contributed by atoms with Crippen molar-refractivity contribution in [2.24, 2.45) is 0 Å². The molecule has 0 atom stereocenters. The quantitative estimate of drug-likeness (QED) is 0.157. The maximum Gasteiger partial charge on any atom is 0.229 e. The second-order valence-electron chi connectivity index (χ2n) is 14.0. The zero-order valence-corrected chi connectivity index (χ0v) is 30.4. The second-order valence-corrected chi connectivity index (χ2v) is 14.0. The minimum atomic E-state index is 0.525. The molecule has 0 amide bonds. The first kappa shape index (κ1) is 32.5. The van der Waals surface area contributed by atoms with Crippen LogP contribution in [0.25, 0.3) is 112 Å². The van der Waals surface area contributed by atoms with Crippen LogP contribution in [0.15, 0.2) is 187 Å². The van der Waals surface area contributed by atoms with E-state index in [0.717, 1.165) is 55.1 Å². The summed E-state index contributed by atoms with van der Waals surface area (Å²) in [7, 11) is 0. The highest BCUT2D eigenvalue weighted by molar-refractivity contribution is 6.07. The Balaban J connectivity index is 1.02. The zero-order valence-electron chi connectivity index (χ0n) is 30.4. The Kier molecular flexibility index (Phi) is 7.67. The summed E-state index contributed by atoms with van der Waals surface area (Å²) in [5, 5.41) is 5.51. The molecular formula is C50H30N6O. The van der Waals surface area contributed by atoms with Gasteiger partial charge in [0.25, 0.3) is 0 Å². The SMILES string of the molecule is c1ccc(-c2cccc(-c3nc(-c4ccccc4)nc(-c4ccc(-c5nc(-c6ccc7cc8ccccc8cc7c6)c6oc7ncccc7c6n5)cc4)n3)c2)cc1. The van der Waals surface area contributed by atoms with Gasteiger partial charge in [-0.25, -0.2) is 29.9 Å². The van der Waals surface area contributed by atoms with Gasteiger partial charge in [0, 0.05) is 34.0 Å². The molecule has 0 fully saturated rings. The van der Waals surface area contributed by atoms with Gasteiger partial charge in [-0.05, 0) is 69.1 Å². The van der Waals surface area contributed by atoms with Crippen molar-refractivity contribution in [2.75, 3.05) is 0 Å². The number of hydrogen-bond acceptors (Lipinski definition) is 7. The van der Waals surface area contributed by atoms with E-state index >= 15 is 0 Å². The van der Waals surface area contributed by atoms with Crippen LogP contribution in [0.4, 0.5) is 0 Å². The van der Waals surface area contributed by atoms with Crippen molar-refractivity contribution in [3.63, 3.8) is 0 Å². The zero-order chi connectivity index (χ0) is 37.7. The fourth-order valence-corrected chi connectivity index (χ4v) is 7.48. The molecule has 57 heavy (non-hydrogen) atoms. The van der Waals surface area contributed by atoms with Gasteiger partial charge in [-0.2, -0.15) is 0 Å². The number of fused-ring (bicyclic) bond motifs is 5.